The minimum absolute atomic E-state index is 0.609. The van der Waals surface area contributed by atoms with E-state index in [2.05, 4.69) is 26.5 Å². The summed E-state index contributed by atoms with van der Waals surface area (Å²) in [6.45, 7) is 2.63. The number of fused-ring (bicyclic) bond motifs is 1. The van der Waals surface area contributed by atoms with Crippen LogP contribution in [0.2, 0.25) is 5.02 Å². The van der Waals surface area contributed by atoms with Crippen LogP contribution in [0.15, 0.2) is 41.3 Å². The van der Waals surface area contributed by atoms with E-state index in [1.165, 1.54) is 5.69 Å². The van der Waals surface area contributed by atoms with E-state index >= 15 is 0 Å². The van der Waals surface area contributed by atoms with Crippen LogP contribution in [0.1, 0.15) is 17.1 Å². The van der Waals surface area contributed by atoms with Gasteiger partial charge in [-0.05, 0) is 18.2 Å². The molecule has 0 amide bonds. The summed E-state index contributed by atoms with van der Waals surface area (Å²) in [6.07, 6.45) is 4.64. The van der Waals surface area contributed by atoms with E-state index < -0.39 is 0 Å². The average molecular weight is 329 g/mol. The second-order valence-corrected chi connectivity index (χ2v) is 6.30. The molecule has 0 bridgehead atoms. The lowest BCUT2D eigenvalue weighted by molar-refractivity contribution is 0.237. The fraction of sp³-hybridized carbons (Fsp3) is 0.294. The molecular weight excluding hydrogens is 312 g/mol. The maximum atomic E-state index is 6.02. The molecule has 5 nitrogen and oxygen atoms in total. The van der Waals surface area contributed by atoms with Crippen molar-refractivity contribution in [2.45, 2.75) is 19.5 Å². The quantitative estimate of drug-likeness (QED) is 0.740. The van der Waals surface area contributed by atoms with Crippen molar-refractivity contribution in [1.29, 1.82) is 0 Å². The number of nitrogens with zero attached hydrogens (tertiary/aromatic N) is 4. The number of hydrogen-bond acceptors (Lipinski definition) is 4. The van der Waals surface area contributed by atoms with Crippen LogP contribution in [0.5, 0.6) is 0 Å². The van der Waals surface area contributed by atoms with E-state index in [1.54, 1.807) is 6.26 Å². The molecule has 6 heteroatoms. The fourth-order valence-electron chi connectivity index (χ4n) is 3.01. The highest BCUT2D eigenvalue weighted by Gasteiger charge is 2.21. The van der Waals surface area contributed by atoms with Crippen molar-refractivity contribution in [3.63, 3.8) is 0 Å². The molecule has 1 aliphatic heterocycles. The van der Waals surface area contributed by atoms with Crippen LogP contribution >= 0.6 is 11.6 Å². The van der Waals surface area contributed by atoms with Crippen LogP contribution < -0.4 is 0 Å². The van der Waals surface area contributed by atoms with Crippen LogP contribution in [0.3, 0.4) is 0 Å². The molecular formula is C17H17ClN4O. The molecule has 0 fully saturated rings. The summed E-state index contributed by atoms with van der Waals surface area (Å²) in [5, 5.41) is 0.681. The Morgan fingerprint density at radius 3 is 3.13 bits per heavy atom. The van der Waals surface area contributed by atoms with E-state index in [-0.39, 0.29) is 0 Å². The van der Waals surface area contributed by atoms with Crippen LogP contribution in [-0.2, 0) is 26.6 Å². The number of halogens is 1. The molecule has 0 saturated heterocycles. The molecule has 1 aliphatic rings. The smallest absolute Gasteiger partial charge is 0.226 e. The van der Waals surface area contributed by atoms with Gasteiger partial charge in [-0.2, -0.15) is 0 Å². The fourth-order valence-corrected chi connectivity index (χ4v) is 3.20. The molecule has 0 unspecified atom stereocenters. The third-order valence-electron chi connectivity index (χ3n) is 4.19. The largest absolute Gasteiger partial charge is 0.444 e. The summed E-state index contributed by atoms with van der Waals surface area (Å²) in [6, 6.07) is 7.54. The van der Waals surface area contributed by atoms with Gasteiger partial charge in [0, 0.05) is 49.4 Å². The van der Waals surface area contributed by atoms with E-state index in [0.717, 1.165) is 43.0 Å². The van der Waals surface area contributed by atoms with Crippen molar-refractivity contribution in [1.82, 2.24) is 19.4 Å². The van der Waals surface area contributed by atoms with Gasteiger partial charge in [-0.25, -0.2) is 9.97 Å². The van der Waals surface area contributed by atoms with Crippen LogP contribution in [0.25, 0.3) is 11.5 Å². The van der Waals surface area contributed by atoms with Crippen LogP contribution in [-0.4, -0.2) is 26.0 Å². The molecule has 0 spiro atoms. The third-order valence-corrected chi connectivity index (χ3v) is 4.43. The van der Waals surface area contributed by atoms with Crippen molar-refractivity contribution in [2.75, 3.05) is 6.54 Å². The van der Waals surface area contributed by atoms with Crippen molar-refractivity contribution in [2.24, 2.45) is 7.05 Å². The number of oxazole rings is 1. The van der Waals surface area contributed by atoms with Gasteiger partial charge in [0.25, 0.3) is 0 Å². The van der Waals surface area contributed by atoms with Gasteiger partial charge in [0.1, 0.15) is 6.26 Å². The summed E-state index contributed by atoms with van der Waals surface area (Å²) in [5.41, 5.74) is 4.33. The van der Waals surface area contributed by atoms with Gasteiger partial charge in [-0.1, -0.05) is 17.7 Å². The second kappa shape index (κ2) is 5.83. The lowest BCUT2D eigenvalue weighted by Crippen LogP contribution is -2.30. The summed E-state index contributed by atoms with van der Waals surface area (Å²) >= 11 is 6.02. The summed E-state index contributed by atoms with van der Waals surface area (Å²) in [4.78, 5) is 11.4. The molecule has 118 valence electrons. The monoisotopic (exact) mass is 328 g/mol. The summed E-state index contributed by atoms with van der Waals surface area (Å²) in [7, 11) is 2.05. The van der Waals surface area contributed by atoms with Gasteiger partial charge in [0.15, 0.2) is 0 Å². The van der Waals surface area contributed by atoms with Crippen LogP contribution in [0, 0.1) is 0 Å². The number of imidazole rings is 1. The maximum absolute atomic E-state index is 6.02. The Morgan fingerprint density at radius 2 is 2.26 bits per heavy atom. The molecule has 0 atom stereocenters. The zero-order chi connectivity index (χ0) is 15.8. The lowest BCUT2D eigenvalue weighted by Gasteiger charge is -2.25. The Kier molecular flexibility index (Phi) is 3.67. The zero-order valence-corrected chi connectivity index (χ0v) is 13.6. The SMILES string of the molecule is Cn1cnc2c1CCN(Cc1coc(-c3cccc(Cl)c3)n1)C2. The minimum Gasteiger partial charge on any atom is -0.444 e. The molecule has 0 N–H and O–H groups in total. The Balaban J connectivity index is 1.48. The predicted octanol–water partition coefficient (Wildman–Crippen LogP) is 3.29. The Hall–Kier alpha value is -2.11. The number of hydrogen-bond donors (Lipinski definition) is 0. The first kappa shape index (κ1) is 14.5. The Bertz CT molecular complexity index is 839. The zero-order valence-electron chi connectivity index (χ0n) is 12.9. The predicted molar refractivity (Wildman–Crippen MR) is 88.0 cm³/mol. The third kappa shape index (κ3) is 2.90. The first-order valence-corrected chi connectivity index (χ1v) is 7.98. The van der Waals surface area contributed by atoms with Gasteiger partial charge in [0.2, 0.25) is 5.89 Å². The summed E-state index contributed by atoms with van der Waals surface area (Å²) in [5.74, 6) is 0.609. The van der Waals surface area contributed by atoms with Crippen molar-refractivity contribution in [3.8, 4) is 11.5 Å². The number of benzene rings is 1. The molecule has 0 saturated carbocycles. The molecule has 4 rings (SSSR count). The van der Waals surface area contributed by atoms with Gasteiger partial charge < -0.3 is 8.98 Å². The molecule has 3 heterocycles. The molecule has 3 aromatic rings. The van der Waals surface area contributed by atoms with Crippen molar-refractivity contribution < 1.29 is 4.42 Å². The highest BCUT2D eigenvalue weighted by atomic mass is 35.5. The lowest BCUT2D eigenvalue weighted by atomic mass is 10.1. The summed E-state index contributed by atoms with van der Waals surface area (Å²) < 4.78 is 7.72. The number of rotatable bonds is 3. The maximum Gasteiger partial charge on any atom is 0.226 e. The van der Waals surface area contributed by atoms with E-state index in [9.17, 15) is 0 Å². The Morgan fingerprint density at radius 1 is 1.35 bits per heavy atom. The van der Waals surface area contributed by atoms with Crippen molar-refractivity contribution >= 4 is 11.6 Å². The first-order chi connectivity index (χ1) is 11.2. The van der Waals surface area contributed by atoms with Gasteiger partial charge in [-0.3, -0.25) is 4.90 Å². The van der Waals surface area contributed by atoms with Crippen molar-refractivity contribution in [3.05, 3.63) is 59.0 Å². The molecule has 2 aromatic heterocycles. The normalized spacial score (nSPS) is 14.9. The van der Waals surface area contributed by atoms with E-state index in [1.807, 2.05) is 30.6 Å². The van der Waals surface area contributed by atoms with Gasteiger partial charge in [-0.15, -0.1) is 0 Å². The average Bonchev–Trinajstić information content (AvgIpc) is 3.15. The molecule has 0 radical (unpaired) electrons. The molecule has 0 aliphatic carbocycles. The highest BCUT2D eigenvalue weighted by molar-refractivity contribution is 6.30. The topological polar surface area (TPSA) is 47.1 Å². The highest BCUT2D eigenvalue weighted by Crippen LogP contribution is 2.23. The van der Waals surface area contributed by atoms with Crippen LogP contribution in [0.4, 0.5) is 0 Å². The van der Waals surface area contributed by atoms with Gasteiger partial charge >= 0.3 is 0 Å². The standard InChI is InChI=1S/C17H17ClN4O/c1-21-11-19-15-9-22(6-5-16(15)21)8-14-10-23-17(20-14)12-3-2-4-13(18)7-12/h2-4,7,10-11H,5-6,8-9H2,1H3. The molecule has 1 aromatic carbocycles. The van der Waals surface area contributed by atoms with E-state index in [4.69, 9.17) is 16.0 Å². The van der Waals surface area contributed by atoms with Gasteiger partial charge in [0.05, 0.1) is 17.7 Å². The minimum atomic E-state index is 0.609. The molecule has 23 heavy (non-hydrogen) atoms. The number of aryl methyl sites for hydroxylation is 1. The van der Waals surface area contributed by atoms with E-state index in [0.29, 0.717) is 10.9 Å². The number of aromatic nitrogens is 3. The first-order valence-electron chi connectivity index (χ1n) is 7.61. The second-order valence-electron chi connectivity index (χ2n) is 5.86. The Labute approximate surface area is 139 Å².